The van der Waals surface area contributed by atoms with Gasteiger partial charge < -0.3 is 20.3 Å². The van der Waals surface area contributed by atoms with Crippen LogP contribution in [0.4, 0.5) is 20.7 Å². The van der Waals surface area contributed by atoms with E-state index in [2.05, 4.69) is 20.5 Å². The van der Waals surface area contributed by atoms with E-state index >= 15 is 0 Å². The predicted octanol–water partition coefficient (Wildman–Crippen LogP) is 3.69. The second-order valence-corrected chi connectivity index (χ2v) is 12.7. The summed E-state index contributed by atoms with van der Waals surface area (Å²) >= 11 is 1.13. The molecule has 10 nitrogen and oxygen atoms in total. The van der Waals surface area contributed by atoms with Crippen LogP contribution in [0.15, 0.2) is 40.1 Å². The van der Waals surface area contributed by atoms with Crippen molar-refractivity contribution in [1.82, 2.24) is 20.3 Å². The van der Waals surface area contributed by atoms with Crippen LogP contribution in [0.5, 0.6) is 0 Å². The van der Waals surface area contributed by atoms with E-state index in [0.717, 1.165) is 11.3 Å². The van der Waals surface area contributed by atoms with Crippen LogP contribution in [0.3, 0.4) is 0 Å². The van der Waals surface area contributed by atoms with E-state index < -0.39 is 27.3 Å². The molecule has 2 amide bonds. The van der Waals surface area contributed by atoms with Gasteiger partial charge in [-0.05, 0) is 51.0 Å². The zero-order valence-electron chi connectivity index (χ0n) is 21.1. The molecule has 2 aromatic heterocycles. The van der Waals surface area contributed by atoms with Gasteiger partial charge in [0.15, 0.2) is 5.82 Å². The number of nitrogens with zero attached hydrogens (tertiary/aromatic N) is 4. The van der Waals surface area contributed by atoms with Gasteiger partial charge in [0, 0.05) is 41.5 Å². The largest absolute Gasteiger partial charge is 0.377 e. The summed E-state index contributed by atoms with van der Waals surface area (Å²) in [4.78, 5) is 27.8. The molecule has 2 N–H and O–H groups in total. The van der Waals surface area contributed by atoms with Crippen molar-refractivity contribution in [3.05, 3.63) is 47.1 Å². The predicted molar refractivity (Wildman–Crippen MR) is 143 cm³/mol. The molecule has 0 bridgehead atoms. The first-order chi connectivity index (χ1) is 18.2. The summed E-state index contributed by atoms with van der Waals surface area (Å²) in [6.45, 7) is 4.81. The number of sulfone groups is 1. The highest BCUT2D eigenvalue weighted by Crippen LogP contribution is 2.55. The number of ether oxygens (including phenoxy) is 1. The maximum atomic E-state index is 13.7. The third kappa shape index (κ3) is 5.09. The molecule has 1 aliphatic heterocycles. The topological polar surface area (TPSA) is 126 Å². The fourth-order valence-electron chi connectivity index (χ4n) is 4.45. The monoisotopic (exact) mass is 560 g/mol. The number of urea groups is 1. The molecule has 1 saturated heterocycles. The summed E-state index contributed by atoms with van der Waals surface area (Å²) in [6, 6.07) is 8.25. The molecule has 1 aliphatic carbocycles. The summed E-state index contributed by atoms with van der Waals surface area (Å²) in [7, 11) is -3.75. The minimum Gasteiger partial charge on any atom is -0.377 e. The lowest BCUT2D eigenvalue weighted by molar-refractivity contribution is 0.0985. The van der Waals surface area contributed by atoms with Gasteiger partial charge in [-0.25, -0.2) is 32.6 Å². The lowest BCUT2D eigenvalue weighted by Gasteiger charge is -2.34. The first-order valence-corrected chi connectivity index (χ1v) is 14.7. The number of anilines is 2. The molecular weight excluding hydrogens is 531 g/mol. The van der Waals surface area contributed by atoms with Crippen molar-refractivity contribution < 1.29 is 22.3 Å². The summed E-state index contributed by atoms with van der Waals surface area (Å²) in [6.07, 6.45) is 0.915. The molecule has 3 heterocycles. The molecule has 202 valence electrons. The Hall–Kier alpha value is -3.16. The molecule has 13 heteroatoms. The van der Waals surface area contributed by atoms with Crippen LogP contribution >= 0.6 is 11.3 Å². The Morgan fingerprint density at radius 1 is 1.24 bits per heavy atom. The number of thiazole rings is 1. The Balaban J connectivity index is 1.53. The van der Waals surface area contributed by atoms with E-state index in [1.807, 2.05) is 6.92 Å². The number of rotatable bonds is 8. The molecule has 1 atom stereocenters. The first-order valence-electron chi connectivity index (χ1n) is 12.4. The number of benzene rings is 1. The second kappa shape index (κ2) is 10.5. The van der Waals surface area contributed by atoms with Gasteiger partial charge in [0.05, 0.1) is 24.9 Å². The van der Waals surface area contributed by atoms with Crippen molar-refractivity contribution in [3.63, 3.8) is 0 Å². The van der Waals surface area contributed by atoms with E-state index in [-0.39, 0.29) is 16.9 Å². The molecule has 38 heavy (non-hydrogen) atoms. The number of amides is 2. The van der Waals surface area contributed by atoms with E-state index in [0.29, 0.717) is 66.9 Å². The molecule has 3 aromatic rings. The van der Waals surface area contributed by atoms with Crippen molar-refractivity contribution in [2.75, 3.05) is 43.2 Å². The van der Waals surface area contributed by atoms with Gasteiger partial charge in [0.2, 0.25) is 14.2 Å². The third-order valence-electron chi connectivity index (χ3n) is 6.67. The van der Waals surface area contributed by atoms with Crippen LogP contribution in [0.25, 0.3) is 11.4 Å². The van der Waals surface area contributed by atoms with Crippen LogP contribution in [0.1, 0.15) is 31.2 Å². The van der Waals surface area contributed by atoms with Crippen LogP contribution in [0.2, 0.25) is 0 Å². The number of carbonyl (C=O) groups excluding carboxylic acids is 1. The number of carbonyl (C=O) groups is 1. The molecule has 2 aliphatic rings. The molecule has 2 fully saturated rings. The highest BCUT2D eigenvalue weighted by Gasteiger charge is 2.59. The van der Waals surface area contributed by atoms with Gasteiger partial charge in [-0.1, -0.05) is 0 Å². The van der Waals surface area contributed by atoms with Crippen LogP contribution < -0.4 is 15.5 Å². The number of aromatic nitrogens is 3. The van der Waals surface area contributed by atoms with Crippen molar-refractivity contribution in [2.45, 2.75) is 41.8 Å². The highest BCUT2D eigenvalue weighted by molar-refractivity contribution is 7.94. The lowest BCUT2D eigenvalue weighted by atomic mass is 10.1. The zero-order chi connectivity index (χ0) is 26.9. The molecule has 5 rings (SSSR count). The fraction of sp³-hybridized carbons (Fsp3) is 0.440. The SMILES string of the molecule is Cc1csc(S(=O)(=O)C2(c3cc(N4CCOC[C@@H]4C)nc(-c4ccc(NC(=O)NCCF)cc4)n3)CC2)n1. The highest BCUT2D eigenvalue weighted by atomic mass is 32.2. The number of hydrogen-bond donors (Lipinski definition) is 2. The second-order valence-electron chi connectivity index (χ2n) is 9.45. The van der Waals surface area contributed by atoms with Crippen molar-refractivity contribution >= 4 is 38.7 Å². The Morgan fingerprint density at radius 3 is 2.63 bits per heavy atom. The van der Waals surface area contributed by atoms with Gasteiger partial charge in [0.1, 0.15) is 17.2 Å². The number of morpholine rings is 1. The van der Waals surface area contributed by atoms with E-state index in [1.165, 1.54) is 0 Å². The van der Waals surface area contributed by atoms with Gasteiger partial charge in [-0.2, -0.15) is 0 Å². The normalized spacial score (nSPS) is 18.7. The van der Waals surface area contributed by atoms with Gasteiger partial charge in [0.25, 0.3) is 0 Å². The van der Waals surface area contributed by atoms with Crippen LogP contribution in [0, 0.1) is 6.92 Å². The first kappa shape index (κ1) is 26.4. The summed E-state index contributed by atoms with van der Waals surface area (Å²) in [5.41, 5.74) is 2.31. The van der Waals surface area contributed by atoms with Crippen molar-refractivity contribution in [2.24, 2.45) is 0 Å². The van der Waals surface area contributed by atoms with E-state index in [4.69, 9.17) is 14.7 Å². The van der Waals surface area contributed by atoms with E-state index in [9.17, 15) is 17.6 Å². The van der Waals surface area contributed by atoms with Gasteiger partial charge in [-0.15, -0.1) is 11.3 Å². The van der Waals surface area contributed by atoms with Gasteiger partial charge >= 0.3 is 6.03 Å². The molecule has 0 unspecified atom stereocenters. The molecule has 1 saturated carbocycles. The molecule has 0 radical (unpaired) electrons. The lowest BCUT2D eigenvalue weighted by Crippen LogP contribution is -2.44. The number of hydrogen-bond acceptors (Lipinski definition) is 9. The smallest absolute Gasteiger partial charge is 0.319 e. The van der Waals surface area contributed by atoms with Crippen LogP contribution in [-0.4, -0.2) is 68.4 Å². The molecule has 0 spiro atoms. The minimum absolute atomic E-state index is 0.0575. The Bertz CT molecular complexity index is 1430. The van der Waals surface area contributed by atoms with Crippen molar-refractivity contribution in [3.8, 4) is 11.4 Å². The summed E-state index contributed by atoms with van der Waals surface area (Å²) in [5, 5.41) is 6.79. The standard InChI is InChI=1S/C25H29FN6O4S2/c1-16-15-37-24(28-16)38(34,35)25(7-8-25)20-13-21(32-11-12-36-14-17(32)2)31-22(30-20)18-3-5-19(6-4-18)29-23(33)27-10-9-26/h3-6,13,15,17H,7-12,14H2,1-2H3,(H2,27,29,33)/t17-/m0/s1. The average molecular weight is 561 g/mol. The number of alkyl halides is 1. The Kier molecular flexibility index (Phi) is 7.34. The maximum Gasteiger partial charge on any atom is 0.319 e. The summed E-state index contributed by atoms with van der Waals surface area (Å²) in [5.74, 6) is 1.03. The van der Waals surface area contributed by atoms with E-state index in [1.54, 1.807) is 42.6 Å². The quantitative estimate of drug-likeness (QED) is 0.427. The number of nitrogens with one attached hydrogen (secondary N) is 2. The molecule has 1 aromatic carbocycles. The van der Waals surface area contributed by atoms with Crippen molar-refractivity contribution in [1.29, 1.82) is 0 Å². The summed E-state index contributed by atoms with van der Waals surface area (Å²) < 4.78 is 44.3. The fourth-order valence-corrected chi connectivity index (χ4v) is 7.72. The minimum atomic E-state index is -3.75. The van der Waals surface area contributed by atoms with Gasteiger partial charge in [-0.3, -0.25) is 0 Å². The Morgan fingerprint density at radius 2 is 2.00 bits per heavy atom. The average Bonchev–Trinajstić information content (AvgIpc) is 3.63. The zero-order valence-corrected chi connectivity index (χ0v) is 22.7. The number of halogens is 1. The maximum absolute atomic E-state index is 13.7. The molecular formula is C25H29FN6O4S2. The van der Waals surface area contributed by atoms with Crippen LogP contribution in [-0.2, 0) is 19.3 Å². The number of aryl methyl sites for hydroxylation is 1. The third-order valence-corrected chi connectivity index (χ3v) is 10.6. The Labute approximate surface area is 224 Å².